The third kappa shape index (κ3) is 6.11. The van der Waals surface area contributed by atoms with E-state index < -0.39 is 23.3 Å². The number of rotatable bonds is 9. The predicted octanol–water partition coefficient (Wildman–Crippen LogP) is 3.56. The third-order valence-corrected chi connectivity index (χ3v) is 5.84. The Morgan fingerprint density at radius 3 is 2.38 bits per heavy atom. The number of nitrogens with zero attached hydrogens (tertiary/aromatic N) is 5. The average Bonchev–Trinajstić information content (AvgIpc) is 2.94. The van der Waals surface area contributed by atoms with Gasteiger partial charge in [-0.15, -0.1) is 0 Å². The first-order valence-electron chi connectivity index (χ1n) is 11.3. The minimum absolute atomic E-state index is 0.0580. The lowest BCUT2D eigenvalue weighted by atomic mass is 10.2. The normalized spacial score (nSPS) is 11.3. The summed E-state index contributed by atoms with van der Waals surface area (Å²) >= 11 is -2.70. The van der Waals surface area contributed by atoms with Crippen molar-refractivity contribution in [1.29, 1.82) is 0 Å². The summed E-state index contributed by atoms with van der Waals surface area (Å²) in [6, 6.07) is 12.6. The molecule has 3 heterocycles. The summed E-state index contributed by atoms with van der Waals surface area (Å²) in [7, 11) is 2.77. The van der Waals surface area contributed by atoms with Gasteiger partial charge >= 0.3 is 12.1 Å². The molecule has 1 amide bonds. The van der Waals surface area contributed by atoms with E-state index >= 15 is 0 Å². The van der Waals surface area contributed by atoms with Gasteiger partial charge in [0.05, 0.1) is 14.2 Å². The highest BCUT2D eigenvalue weighted by Crippen LogP contribution is 2.44. The summed E-state index contributed by atoms with van der Waals surface area (Å²) in [5.41, 5.74) is 5.69. The molecule has 4 aromatic rings. The van der Waals surface area contributed by atoms with Crippen LogP contribution in [0.2, 0.25) is 0 Å². The number of hydrogen-bond donors (Lipinski definition) is 2. The molecule has 14 nitrogen and oxygen atoms in total. The van der Waals surface area contributed by atoms with E-state index in [0.717, 1.165) is 9.87 Å². The van der Waals surface area contributed by atoms with Crippen LogP contribution >= 0.6 is 0 Å². The number of primary amides is 1. The minimum Gasteiger partial charge on any atom is -0.493 e. The smallest absolute Gasteiger partial charge is 0.412 e. The molecule has 15 heteroatoms. The number of carbonyl (C=O) groups is 2. The van der Waals surface area contributed by atoms with Gasteiger partial charge in [0.2, 0.25) is 5.75 Å². The van der Waals surface area contributed by atoms with Crippen LogP contribution in [0.1, 0.15) is 16.1 Å². The molecule has 0 saturated carbocycles. The largest absolute Gasteiger partial charge is 0.493 e. The lowest BCUT2D eigenvalue weighted by molar-refractivity contribution is 0.0632. The highest BCUT2D eigenvalue weighted by Gasteiger charge is 2.29. The zero-order valence-corrected chi connectivity index (χ0v) is 22.1. The van der Waals surface area contributed by atoms with Crippen LogP contribution in [0.25, 0.3) is 11.4 Å². The molecule has 0 spiro atoms. The van der Waals surface area contributed by atoms with Gasteiger partial charge in [0, 0.05) is 18.0 Å². The second-order valence-corrected chi connectivity index (χ2v) is 8.65. The molecular weight excluding hydrogens is 544 g/mol. The number of pyridine rings is 2. The lowest BCUT2D eigenvalue weighted by Gasteiger charge is -2.23. The van der Waals surface area contributed by atoms with Gasteiger partial charge < -0.3 is 24.7 Å². The van der Waals surface area contributed by atoms with E-state index in [1.165, 1.54) is 44.8 Å². The quantitative estimate of drug-likeness (QED) is 0.170. The van der Waals surface area contributed by atoms with Crippen molar-refractivity contribution in [2.45, 2.75) is 6.92 Å². The van der Waals surface area contributed by atoms with Crippen LogP contribution in [0.4, 0.5) is 16.4 Å². The van der Waals surface area contributed by atoms with Crippen molar-refractivity contribution in [2.75, 3.05) is 18.5 Å². The van der Waals surface area contributed by atoms with E-state index in [9.17, 15) is 18.4 Å². The van der Waals surface area contributed by atoms with Gasteiger partial charge in [0.25, 0.3) is 17.1 Å². The Morgan fingerprint density at radius 1 is 1.00 bits per heavy atom. The molecule has 0 aliphatic rings. The van der Waals surface area contributed by atoms with Gasteiger partial charge in [-0.2, -0.15) is 9.29 Å². The molecule has 206 valence electrons. The molecule has 1 aromatic carbocycles. The van der Waals surface area contributed by atoms with Gasteiger partial charge in [0.15, 0.2) is 23.1 Å². The fourth-order valence-corrected chi connectivity index (χ4v) is 3.93. The number of aryl methyl sites for hydroxylation is 1. The summed E-state index contributed by atoms with van der Waals surface area (Å²) in [5.74, 6) is -0.976. The maximum Gasteiger partial charge on any atom is 0.412 e. The monoisotopic (exact) mass is 566 g/mol. The molecule has 0 aliphatic heterocycles. The Bertz CT molecular complexity index is 1580. The molecule has 0 bridgehead atoms. The SMILES string of the molecule is COc1ccccc1Oc1c(OC)nc(-c2ccnc(C(=O)OC(N)=O)c2)nc1N(c1ccc(C)cn1)S(=O)O. The van der Waals surface area contributed by atoms with Crippen LogP contribution in [0, 0.1) is 6.92 Å². The van der Waals surface area contributed by atoms with E-state index in [-0.39, 0.29) is 46.1 Å². The van der Waals surface area contributed by atoms with Crippen molar-refractivity contribution in [1.82, 2.24) is 19.9 Å². The number of aromatic nitrogens is 4. The number of para-hydroxylation sites is 2. The zero-order valence-electron chi connectivity index (χ0n) is 21.3. The van der Waals surface area contributed by atoms with Gasteiger partial charge in [-0.1, -0.05) is 18.2 Å². The summed E-state index contributed by atoms with van der Waals surface area (Å²) in [5, 5.41) is 0. The molecule has 0 aliphatic carbocycles. The first kappa shape index (κ1) is 27.9. The average molecular weight is 567 g/mol. The number of hydrogen-bond acceptors (Lipinski definition) is 11. The molecule has 3 N–H and O–H groups in total. The summed E-state index contributed by atoms with van der Waals surface area (Å²) in [4.78, 5) is 40.2. The number of amides is 1. The Labute approximate surface area is 230 Å². The zero-order chi connectivity index (χ0) is 28.8. The Balaban J connectivity index is 1.95. The second kappa shape index (κ2) is 12.1. The molecule has 3 aromatic heterocycles. The number of esters is 1. The van der Waals surface area contributed by atoms with Crippen molar-refractivity contribution >= 4 is 35.0 Å². The third-order valence-electron chi connectivity index (χ3n) is 5.16. The van der Waals surface area contributed by atoms with Gasteiger partial charge in [-0.3, -0.25) is 4.55 Å². The summed E-state index contributed by atoms with van der Waals surface area (Å²) < 4.78 is 45.3. The number of carbonyl (C=O) groups excluding carboxylic acids is 2. The standard InChI is InChI=1S/C25H22N6O8S/c1-14-8-9-19(28-13-14)31(40(34)35)22-20(38-18-7-5-4-6-17(18)36-2)23(37-3)30-21(29-22)15-10-11-27-16(12-15)24(32)39-25(26)33/h4-13H,1-3H3,(H2,26,33)(H,34,35). The van der Waals surface area contributed by atoms with Crippen molar-refractivity contribution in [3.05, 3.63) is 72.2 Å². The highest BCUT2D eigenvalue weighted by atomic mass is 32.2. The topological polar surface area (TPSA) is 189 Å². The van der Waals surface area contributed by atoms with Crippen LogP contribution in [0.5, 0.6) is 23.1 Å². The van der Waals surface area contributed by atoms with Crippen molar-refractivity contribution in [2.24, 2.45) is 5.73 Å². The highest BCUT2D eigenvalue weighted by molar-refractivity contribution is 7.81. The Morgan fingerprint density at radius 2 is 1.75 bits per heavy atom. The van der Waals surface area contributed by atoms with Gasteiger partial charge in [-0.25, -0.2) is 28.7 Å². The Kier molecular flexibility index (Phi) is 8.46. The van der Waals surface area contributed by atoms with E-state index in [2.05, 4.69) is 24.7 Å². The summed E-state index contributed by atoms with van der Waals surface area (Å²) in [6.07, 6.45) is 1.46. The molecule has 0 fully saturated rings. The predicted molar refractivity (Wildman–Crippen MR) is 142 cm³/mol. The molecular formula is C25H22N6O8S. The maximum atomic E-state index is 12.7. The van der Waals surface area contributed by atoms with Crippen molar-refractivity contribution in [3.63, 3.8) is 0 Å². The van der Waals surface area contributed by atoms with E-state index in [4.69, 9.17) is 19.9 Å². The number of ether oxygens (including phenoxy) is 4. The fraction of sp³-hybridized carbons (Fsp3) is 0.120. The van der Waals surface area contributed by atoms with E-state index in [0.29, 0.717) is 5.75 Å². The lowest BCUT2D eigenvalue weighted by Crippen LogP contribution is -2.23. The van der Waals surface area contributed by atoms with Gasteiger partial charge in [-0.05, 0) is 42.8 Å². The van der Waals surface area contributed by atoms with E-state index in [1.54, 1.807) is 30.3 Å². The maximum absolute atomic E-state index is 12.7. The van der Waals surface area contributed by atoms with Crippen LogP contribution in [-0.2, 0) is 16.0 Å². The van der Waals surface area contributed by atoms with Crippen LogP contribution in [0.15, 0.2) is 60.9 Å². The molecule has 1 atom stereocenters. The first-order chi connectivity index (χ1) is 19.2. The van der Waals surface area contributed by atoms with Crippen molar-refractivity contribution in [3.8, 4) is 34.5 Å². The van der Waals surface area contributed by atoms with Gasteiger partial charge in [0.1, 0.15) is 11.5 Å². The fourth-order valence-electron chi connectivity index (χ4n) is 3.39. The molecule has 1 unspecified atom stereocenters. The second-order valence-electron chi connectivity index (χ2n) is 7.82. The van der Waals surface area contributed by atoms with E-state index in [1.807, 2.05) is 6.92 Å². The number of methoxy groups -OCH3 is 2. The first-order valence-corrected chi connectivity index (χ1v) is 12.4. The number of benzene rings is 1. The molecule has 40 heavy (non-hydrogen) atoms. The Hall–Kier alpha value is -5.15. The summed E-state index contributed by atoms with van der Waals surface area (Å²) in [6.45, 7) is 1.81. The van der Waals surface area contributed by atoms with Crippen molar-refractivity contribution < 1.29 is 37.3 Å². The van der Waals surface area contributed by atoms with Crippen LogP contribution in [0.3, 0.4) is 0 Å². The van der Waals surface area contributed by atoms with Crippen LogP contribution < -0.4 is 24.2 Å². The minimum atomic E-state index is -2.70. The molecule has 0 saturated heterocycles. The van der Waals surface area contributed by atoms with Crippen LogP contribution in [-0.4, -0.2) is 55.0 Å². The number of nitrogens with two attached hydrogens (primary N) is 1. The number of anilines is 2. The molecule has 0 radical (unpaired) electrons. The molecule has 4 rings (SSSR count).